The molecule has 2 aromatic carbocycles. The number of carbonyl (C=O) groups excluding carboxylic acids is 2. The van der Waals surface area contributed by atoms with Gasteiger partial charge in [-0.25, -0.2) is 4.79 Å². The van der Waals surface area contributed by atoms with Crippen molar-refractivity contribution in [3.05, 3.63) is 47.7 Å². The molecule has 1 fully saturated rings. The van der Waals surface area contributed by atoms with Crippen LogP contribution < -0.4 is 15.4 Å². The number of imide groups is 1. The molecule has 1 aliphatic heterocycles. The van der Waals surface area contributed by atoms with Crippen LogP contribution >= 0.6 is 0 Å². The Morgan fingerprint density at radius 3 is 2.68 bits per heavy atom. The van der Waals surface area contributed by atoms with Crippen LogP contribution in [-0.2, 0) is 4.79 Å². The number of carbonyl (C=O) groups is 2. The topological polar surface area (TPSA) is 67.4 Å². The summed E-state index contributed by atoms with van der Waals surface area (Å²) in [5.74, 6) is 2.49. The molecule has 0 spiro atoms. The quantitative estimate of drug-likeness (QED) is 0.517. The van der Waals surface area contributed by atoms with Crippen molar-refractivity contribution in [1.82, 2.24) is 10.6 Å². The molecular weight excluding hydrogens is 280 g/mol. The predicted octanol–water partition coefficient (Wildman–Crippen LogP) is 2.03. The Balaban J connectivity index is 2.16. The van der Waals surface area contributed by atoms with Gasteiger partial charge in [0.2, 0.25) is 0 Å². The maximum absolute atomic E-state index is 11.7. The van der Waals surface area contributed by atoms with Crippen molar-refractivity contribution < 1.29 is 14.3 Å². The summed E-state index contributed by atoms with van der Waals surface area (Å²) >= 11 is 0. The summed E-state index contributed by atoms with van der Waals surface area (Å²) in [6.45, 7) is 0.118. The first kappa shape index (κ1) is 13.7. The van der Waals surface area contributed by atoms with Crippen molar-refractivity contribution in [2.75, 3.05) is 6.61 Å². The molecule has 2 aromatic rings. The number of urea groups is 1. The van der Waals surface area contributed by atoms with Gasteiger partial charge >= 0.3 is 6.03 Å². The van der Waals surface area contributed by atoms with E-state index in [1.165, 1.54) is 0 Å². The van der Waals surface area contributed by atoms with Crippen LogP contribution in [-0.4, -0.2) is 18.5 Å². The van der Waals surface area contributed by atoms with Crippen molar-refractivity contribution in [1.29, 1.82) is 0 Å². The summed E-state index contributed by atoms with van der Waals surface area (Å²) in [6.07, 6.45) is 6.82. The summed E-state index contributed by atoms with van der Waals surface area (Å²) in [4.78, 5) is 22.9. The number of hydrogen-bond donors (Lipinski definition) is 2. The van der Waals surface area contributed by atoms with Crippen molar-refractivity contribution in [2.24, 2.45) is 0 Å². The number of terminal acetylenes is 1. The standard InChI is InChI=1S/C17H12N2O3/c1-2-9-22-15-8-7-11-5-3-4-6-12(11)13(15)10-14-16(20)19-17(21)18-14/h1,3-8,10H,9H2,(H2,18,19,20,21)/b14-10+. The van der Waals surface area contributed by atoms with Crippen LogP contribution in [0.25, 0.3) is 16.8 Å². The molecule has 0 atom stereocenters. The Morgan fingerprint density at radius 1 is 1.14 bits per heavy atom. The predicted molar refractivity (Wildman–Crippen MR) is 82.9 cm³/mol. The number of nitrogens with one attached hydrogen (secondary N) is 2. The minimum atomic E-state index is -0.539. The maximum Gasteiger partial charge on any atom is 0.326 e. The Labute approximate surface area is 127 Å². The summed E-state index contributed by atoms with van der Waals surface area (Å²) in [7, 11) is 0. The SMILES string of the molecule is C#CCOc1ccc2ccccc2c1/C=C1/NC(=O)NC1=O. The molecule has 5 nitrogen and oxygen atoms in total. The van der Waals surface area contributed by atoms with E-state index in [9.17, 15) is 9.59 Å². The third-order valence-electron chi connectivity index (χ3n) is 3.25. The van der Waals surface area contributed by atoms with Gasteiger partial charge in [0, 0.05) is 5.56 Å². The third-order valence-corrected chi connectivity index (χ3v) is 3.25. The van der Waals surface area contributed by atoms with Gasteiger partial charge in [0.1, 0.15) is 18.1 Å². The molecule has 1 saturated heterocycles. The van der Waals surface area contributed by atoms with Gasteiger partial charge in [-0.05, 0) is 22.9 Å². The average Bonchev–Trinajstić information content (AvgIpc) is 2.84. The molecule has 1 aliphatic rings. The lowest BCUT2D eigenvalue weighted by Gasteiger charge is -2.10. The zero-order valence-electron chi connectivity index (χ0n) is 11.6. The number of hydrogen-bond acceptors (Lipinski definition) is 3. The van der Waals surface area contributed by atoms with Crippen molar-refractivity contribution in [3.63, 3.8) is 0 Å². The normalized spacial score (nSPS) is 15.5. The first-order valence-electron chi connectivity index (χ1n) is 6.61. The number of amides is 3. The molecule has 22 heavy (non-hydrogen) atoms. The molecule has 0 saturated carbocycles. The molecule has 0 unspecified atom stereocenters. The largest absolute Gasteiger partial charge is 0.480 e. The average molecular weight is 292 g/mol. The lowest BCUT2D eigenvalue weighted by atomic mass is 10.0. The fourth-order valence-electron chi connectivity index (χ4n) is 2.30. The monoisotopic (exact) mass is 292 g/mol. The van der Waals surface area contributed by atoms with Crippen molar-refractivity contribution >= 4 is 28.8 Å². The second-order valence-corrected chi connectivity index (χ2v) is 4.66. The Kier molecular flexibility index (Phi) is 3.50. The lowest BCUT2D eigenvalue weighted by Crippen LogP contribution is -2.22. The van der Waals surface area contributed by atoms with Crippen LogP contribution in [0, 0.1) is 12.3 Å². The van der Waals surface area contributed by atoms with Crippen LogP contribution in [0.2, 0.25) is 0 Å². The van der Waals surface area contributed by atoms with E-state index in [0.29, 0.717) is 11.3 Å². The fourth-order valence-corrected chi connectivity index (χ4v) is 2.30. The van der Waals surface area contributed by atoms with E-state index in [-0.39, 0.29) is 12.3 Å². The van der Waals surface area contributed by atoms with Gasteiger partial charge in [0.05, 0.1) is 0 Å². The van der Waals surface area contributed by atoms with E-state index < -0.39 is 11.9 Å². The zero-order chi connectivity index (χ0) is 15.5. The highest BCUT2D eigenvalue weighted by molar-refractivity contribution is 6.14. The second kappa shape index (κ2) is 5.62. The van der Waals surface area contributed by atoms with Gasteiger partial charge in [-0.15, -0.1) is 6.42 Å². The highest BCUT2D eigenvalue weighted by atomic mass is 16.5. The zero-order valence-corrected chi connectivity index (χ0v) is 11.6. The summed E-state index contributed by atoms with van der Waals surface area (Å²) in [6, 6.07) is 10.8. The Hall–Kier alpha value is -3.26. The lowest BCUT2D eigenvalue weighted by molar-refractivity contribution is -0.115. The highest BCUT2D eigenvalue weighted by Gasteiger charge is 2.23. The summed E-state index contributed by atoms with van der Waals surface area (Å²) in [5, 5.41) is 6.53. The van der Waals surface area contributed by atoms with E-state index in [0.717, 1.165) is 10.8 Å². The van der Waals surface area contributed by atoms with E-state index in [2.05, 4.69) is 16.6 Å². The second-order valence-electron chi connectivity index (χ2n) is 4.66. The Bertz CT molecular complexity index is 847. The van der Waals surface area contributed by atoms with Gasteiger partial charge in [0.25, 0.3) is 5.91 Å². The first-order chi connectivity index (χ1) is 10.7. The number of ether oxygens (including phenoxy) is 1. The molecular formula is C17H12N2O3. The minimum Gasteiger partial charge on any atom is -0.480 e. The van der Waals surface area contributed by atoms with Gasteiger partial charge in [0.15, 0.2) is 0 Å². The van der Waals surface area contributed by atoms with Gasteiger partial charge in [-0.1, -0.05) is 36.3 Å². The molecule has 3 amide bonds. The Morgan fingerprint density at radius 2 is 1.95 bits per heavy atom. The van der Waals surface area contributed by atoms with Gasteiger partial charge in [-0.2, -0.15) is 0 Å². The minimum absolute atomic E-state index is 0.118. The third kappa shape index (κ3) is 2.50. The molecule has 5 heteroatoms. The van der Waals surface area contributed by atoms with Crippen LogP contribution in [0.3, 0.4) is 0 Å². The van der Waals surface area contributed by atoms with Gasteiger partial charge in [-0.3, -0.25) is 10.1 Å². The number of rotatable bonds is 3. The maximum atomic E-state index is 11.7. The molecule has 0 aromatic heterocycles. The van der Waals surface area contributed by atoms with Crippen LogP contribution in [0.4, 0.5) is 4.79 Å². The van der Waals surface area contributed by atoms with E-state index in [1.54, 1.807) is 12.1 Å². The summed E-state index contributed by atoms with van der Waals surface area (Å²) < 4.78 is 5.54. The molecule has 108 valence electrons. The molecule has 0 radical (unpaired) electrons. The van der Waals surface area contributed by atoms with E-state index in [4.69, 9.17) is 11.2 Å². The van der Waals surface area contributed by atoms with Crippen molar-refractivity contribution in [3.8, 4) is 18.1 Å². The van der Waals surface area contributed by atoms with E-state index >= 15 is 0 Å². The summed E-state index contributed by atoms with van der Waals surface area (Å²) in [5.41, 5.74) is 0.868. The first-order valence-corrected chi connectivity index (χ1v) is 6.61. The number of benzene rings is 2. The van der Waals surface area contributed by atoms with E-state index in [1.807, 2.05) is 30.3 Å². The molecule has 1 heterocycles. The van der Waals surface area contributed by atoms with Crippen LogP contribution in [0.15, 0.2) is 42.1 Å². The van der Waals surface area contributed by atoms with Crippen molar-refractivity contribution in [2.45, 2.75) is 0 Å². The fraction of sp³-hybridized carbons (Fsp3) is 0.0588. The van der Waals surface area contributed by atoms with Gasteiger partial charge < -0.3 is 10.1 Å². The molecule has 0 bridgehead atoms. The van der Waals surface area contributed by atoms with Crippen LogP contribution in [0.1, 0.15) is 5.56 Å². The molecule has 3 rings (SSSR count). The van der Waals surface area contributed by atoms with Crippen LogP contribution in [0.5, 0.6) is 5.75 Å². The highest BCUT2D eigenvalue weighted by Crippen LogP contribution is 2.30. The molecule has 2 N–H and O–H groups in total. The number of fused-ring (bicyclic) bond motifs is 1. The smallest absolute Gasteiger partial charge is 0.326 e. The molecule has 0 aliphatic carbocycles.